The number of aliphatic carboxylic acids is 1. The minimum Gasteiger partial charge on any atom is -0.481 e. The van der Waals surface area contributed by atoms with Crippen LogP contribution < -0.4 is 5.32 Å². The Morgan fingerprint density at radius 2 is 1.81 bits per heavy atom. The topological polar surface area (TPSA) is 66.4 Å². The van der Waals surface area contributed by atoms with Crippen molar-refractivity contribution in [1.29, 1.82) is 0 Å². The number of carboxylic acids is 1. The zero-order chi connectivity index (χ0) is 15.4. The van der Waals surface area contributed by atoms with E-state index in [1.807, 2.05) is 0 Å². The molecule has 2 aromatic rings. The van der Waals surface area contributed by atoms with Crippen molar-refractivity contribution >= 4 is 29.2 Å². The van der Waals surface area contributed by atoms with Crippen LogP contribution in [0.1, 0.15) is 15.9 Å². The van der Waals surface area contributed by atoms with Gasteiger partial charge < -0.3 is 10.4 Å². The van der Waals surface area contributed by atoms with Crippen LogP contribution in [0.15, 0.2) is 42.5 Å². The highest BCUT2D eigenvalue weighted by molar-refractivity contribution is 6.34. The molecule has 0 bridgehead atoms. The fraction of sp³-hybridized carbons (Fsp3) is 0.0667. The molecule has 0 spiro atoms. The molecular formula is C15H11ClFNO3. The fourth-order valence-corrected chi connectivity index (χ4v) is 2.01. The van der Waals surface area contributed by atoms with Crippen molar-refractivity contribution in [2.45, 2.75) is 6.42 Å². The summed E-state index contributed by atoms with van der Waals surface area (Å²) < 4.78 is 12.9. The molecule has 0 unspecified atom stereocenters. The maximum Gasteiger partial charge on any atom is 0.307 e. The van der Waals surface area contributed by atoms with E-state index >= 15 is 0 Å². The van der Waals surface area contributed by atoms with Gasteiger partial charge in [-0.2, -0.15) is 0 Å². The second kappa shape index (κ2) is 6.37. The summed E-state index contributed by atoms with van der Waals surface area (Å²) >= 11 is 5.81. The number of carboxylic acid groups (broad SMARTS) is 1. The zero-order valence-corrected chi connectivity index (χ0v) is 11.5. The van der Waals surface area contributed by atoms with Crippen LogP contribution in [0, 0.1) is 5.82 Å². The van der Waals surface area contributed by atoms with Crippen LogP contribution in [-0.2, 0) is 11.2 Å². The molecular weight excluding hydrogens is 297 g/mol. The summed E-state index contributed by atoms with van der Waals surface area (Å²) in [6.45, 7) is 0. The Morgan fingerprint density at radius 1 is 1.14 bits per heavy atom. The van der Waals surface area contributed by atoms with Gasteiger partial charge in [0.25, 0.3) is 5.91 Å². The third kappa shape index (κ3) is 4.03. The van der Waals surface area contributed by atoms with Gasteiger partial charge in [-0.05, 0) is 35.9 Å². The molecule has 0 saturated heterocycles. The highest BCUT2D eigenvalue weighted by Gasteiger charge is 2.11. The zero-order valence-electron chi connectivity index (χ0n) is 10.8. The third-order valence-electron chi connectivity index (χ3n) is 2.74. The molecule has 2 aromatic carbocycles. The van der Waals surface area contributed by atoms with Crippen LogP contribution in [0.5, 0.6) is 0 Å². The molecule has 0 saturated carbocycles. The minimum absolute atomic E-state index is 0.0231. The number of rotatable bonds is 4. The highest BCUT2D eigenvalue weighted by Crippen LogP contribution is 2.19. The first kappa shape index (κ1) is 15.0. The smallest absolute Gasteiger partial charge is 0.307 e. The molecule has 108 valence electrons. The van der Waals surface area contributed by atoms with E-state index < -0.39 is 17.7 Å². The normalized spacial score (nSPS) is 10.2. The van der Waals surface area contributed by atoms with Crippen LogP contribution in [0.2, 0.25) is 5.02 Å². The number of amides is 1. The van der Waals surface area contributed by atoms with E-state index in [4.69, 9.17) is 16.7 Å². The predicted octanol–water partition coefficient (Wildman–Crippen LogP) is 3.36. The lowest BCUT2D eigenvalue weighted by Crippen LogP contribution is -2.12. The summed E-state index contributed by atoms with van der Waals surface area (Å²) in [7, 11) is 0. The highest BCUT2D eigenvalue weighted by atomic mass is 35.5. The van der Waals surface area contributed by atoms with E-state index in [0.29, 0.717) is 11.3 Å². The van der Waals surface area contributed by atoms with Crippen molar-refractivity contribution in [2.24, 2.45) is 0 Å². The van der Waals surface area contributed by atoms with Gasteiger partial charge in [0.2, 0.25) is 0 Å². The van der Waals surface area contributed by atoms with Gasteiger partial charge in [0, 0.05) is 5.69 Å². The van der Waals surface area contributed by atoms with Crippen LogP contribution >= 0.6 is 11.6 Å². The fourth-order valence-electron chi connectivity index (χ4n) is 1.75. The van der Waals surface area contributed by atoms with Gasteiger partial charge in [-0.3, -0.25) is 9.59 Å². The molecule has 0 aliphatic rings. The maximum absolute atomic E-state index is 12.9. The Balaban J connectivity index is 2.10. The lowest BCUT2D eigenvalue weighted by Gasteiger charge is -2.07. The van der Waals surface area contributed by atoms with Gasteiger partial charge in [0.1, 0.15) is 5.82 Å². The van der Waals surface area contributed by atoms with Crippen molar-refractivity contribution in [1.82, 2.24) is 0 Å². The van der Waals surface area contributed by atoms with Crippen LogP contribution in [-0.4, -0.2) is 17.0 Å². The Bertz CT molecular complexity index is 686. The van der Waals surface area contributed by atoms with Crippen molar-refractivity contribution in [3.05, 3.63) is 64.4 Å². The number of nitrogens with one attached hydrogen (secondary N) is 1. The second-order valence-electron chi connectivity index (χ2n) is 4.35. The first-order valence-electron chi connectivity index (χ1n) is 6.03. The van der Waals surface area contributed by atoms with Crippen molar-refractivity contribution in [3.8, 4) is 0 Å². The average molecular weight is 308 g/mol. The largest absolute Gasteiger partial charge is 0.481 e. The number of halogens is 2. The van der Waals surface area contributed by atoms with Gasteiger partial charge in [0.15, 0.2) is 0 Å². The summed E-state index contributed by atoms with van der Waals surface area (Å²) in [5.41, 5.74) is 1.28. The van der Waals surface area contributed by atoms with Gasteiger partial charge in [-0.15, -0.1) is 0 Å². The van der Waals surface area contributed by atoms with Crippen molar-refractivity contribution in [2.75, 3.05) is 5.32 Å². The molecule has 2 N–H and O–H groups in total. The maximum atomic E-state index is 12.9. The molecule has 2 rings (SSSR count). The molecule has 0 atom stereocenters. The van der Waals surface area contributed by atoms with Crippen molar-refractivity contribution in [3.63, 3.8) is 0 Å². The number of hydrogen-bond donors (Lipinski definition) is 2. The van der Waals surface area contributed by atoms with Gasteiger partial charge in [-0.1, -0.05) is 23.7 Å². The lowest BCUT2D eigenvalue weighted by atomic mass is 10.1. The summed E-state index contributed by atoms with van der Waals surface area (Å²) in [5, 5.41) is 11.3. The molecule has 0 aliphatic carbocycles. The predicted molar refractivity (Wildman–Crippen MR) is 77.1 cm³/mol. The quantitative estimate of drug-likeness (QED) is 0.910. The first-order valence-corrected chi connectivity index (χ1v) is 6.40. The first-order chi connectivity index (χ1) is 9.95. The number of benzene rings is 2. The summed E-state index contributed by atoms with van der Waals surface area (Å²) in [5.74, 6) is -1.91. The molecule has 0 aromatic heterocycles. The monoisotopic (exact) mass is 307 g/mol. The molecule has 0 heterocycles. The molecule has 21 heavy (non-hydrogen) atoms. The standard InChI is InChI=1S/C15H11ClFNO3/c16-13-8-10(17)3-6-12(13)15(21)18-11-4-1-9(2-5-11)7-14(19)20/h1-6,8H,7H2,(H,18,21)(H,19,20). The van der Waals surface area contributed by atoms with Crippen molar-refractivity contribution < 1.29 is 19.1 Å². The average Bonchev–Trinajstić information content (AvgIpc) is 2.40. The van der Waals surface area contributed by atoms with E-state index in [2.05, 4.69) is 5.32 Å². The van der Waals surface area contributed by atoms with Gasteiger partial charge >= 0.3 is 5.97 Å². The SMILES string of the molecule is O=C(O)Cc1ccc(NC(=O)c2ccc(F)cc2Cl)cc1. The molecule has 6 heteroatoms. The van der Waals surface area contributed by atoms with Crippen LogP contribution in [0.3, 0.4) is 0 Å². The van der Waals surface area contributed by atoms with Crippen LogP contribution in [0.25, 0.3) is 0 Å². The summed E-state index contributed by atoms with van der Waals surface area (Å²) in [6, 6.07) is 9.90. The van der Waals surface area contributed by atoms with Crippen LogP contribution in [0.4, 0.5) is 10.1 Å². The molecule has 0 aliphatic heterocycles. The summed E-state index contributed by atoms with van der Waals surface area (Å²) in [6.07, 6.45) is -0.0853. The number of anilines is 1. The Labute approximate surface area is 125 Å². The van der Waals surface area contributed by atoms with E-state index in [1.54, 1.807) is 24.3 Å². The molecule has 0 radical (unpaired) electrons. The number of carbonyl (C=O) groups excluding carboxylic acids is 1. The second-order valence-corrected chi connectivity index (χ2v) is 4.75. The van der Waals surface area contributed by atoms with E-state index in [9.17, 15) is 14.0 Å². The molecule has 0 fully saturated rings. The third-order valence-corrected chi connectivity index (χ3v) is 3.06. The summed E-state index contributed by atoms with van der Waals surface area (Å²) in [4.78, 5) is 22.6. The lowest BCUT2D eigenvalue weighted by molar-refractivity contribution is -0.136. The van der Waals surface area contributed by atoms with Gasteiger partial charge in [0.05, 0.1) is 17.0 Å². The van der Waals surface area contributed by atoms with E-state index in [-0.39, 0.29) is 17.0 Å². The Kier molecular flexibility index (Phi) is 4.55. The number of carbonyl (C=O) groups is 2. The van der Waals surface area contributed by atoms with E-state index in [1.165, 1.54) is 6.07 Å². The minimum atomic E-state index is -0.926. The Morgan fingerprint density at radius 3 is 2.38 bits per heavy atom. The van der Waals surface area contributed by atoms with E-state index in [0.717, 1.165) is 12.1 Å². The van der Waals surface area contributed by atoms with Gasteiger partial charge in [-0.25, -0.2) is 4.39 Å². The Hall–Kier alpha value is -2.40. The number of hydrogen-bond acceptors (Lipinski definition) is 2. The molecule has 1 amide bonds. The molecule has 4 nitrogen and oxygen atoms in total.